The summed E-state index contributed by atoms with van der Waals surface area (Å²) in [6, 6.07) is 18.1. The van der Waals surface area contributed by atoms with Gasteiger partial charge in [0.2, 0.25) is 0 Å². The molecule has 0 saturated heterocycles. The van der Waals surface area contributed by atoms with Crippen molar-refractivity contribution in [1.29, 1.82) is 0 Å². The highest BCUT2D eigenvalue weighted by molar-refractivity contribution is 7.99. The Morgan fingerprint density at radius 2 is 1.67 bits per heavy atom. The lowest BCUT2D eigenvalue weighted by molar-refractivity contribution is 0.259. The zero-order chi connectivity index (χ0) is 12.6. The standard InChI is InChI=1S/C16H14OS/c1-17-13-18-16-10-6-5-9-15(16)12-11-14-7-3-2-4-8-14/h2-10H,13H2,1H3. The molecule has 0 N–H and O–H groups in total. The van der Waals surface area contributed by atoms with Crippen LogP contribution >= 0.6 is 11.8 Å². The minimum Gasteiger partial charge on any atom is -0.374 e. The lowest BCUT2D eigenvalue weighted by atomic mass is 10.2. The first-order valence-electron chi connectivity index (χ1n) is 5.68. The van der Waals surface area contributed by atoms with Crippen molar-refractivity contribution in [3.05, 3.63) is 65.7 Å². The minimum absolute atomic E-state index is 0.643. The Hall–Kier alpha value is -1.69. The number of benzene rings is 2. The third kappa shape index (κ3) is 3.66. The molecule has 0 heterocycles. The van der Waals surface area contributed by atoms with Crippen molar-refractivity contribution in [2.75, 3.05) is 13.0 Å². The molecule has 0 saturated carbocycles. The van der Waals surface area contributed by atoms with Crippen molar-refractivity contribution in [3.63, 3.8) is 0 Å². The van der Waals surface area contributed by atoms with E-state index in [1.807, 2.05) is 48.5 Å². The third-order valence-corrected chi connectivity index (χ3v) is 3.36. The van der Waals surface area contributed by atoms with E-state index < -0.39 is 0 Å². The summed E-state index contributed by atoms with van der Waals surface area (Å²) in [6.45, 7) is 0. The maximum atomic E-state index is 5.08. The maximum absolute atomic E-state index is 5.08. The Morgan fingerprint density at radius 1 is 0.944 bits per heavy atom. The number of methoxy groups -OCH3 is 1. The fraction of sp³-hybridized carbons (Fsp3) is 0.125. The molecule has 0 bridgehead atoms. The minimum atomic E-state index is 0.643. The van der Waals surface area contributed by atoms with Crippen LogP contribution in [0.1, 0.15) is 11.1 Å². The van der Waals surface area contributed by atoms with Gasteiger partial charge in [-0.25, -0.2) is 0 Å². The molecule has 0 aliphatic rings. The molecule has 0 amide bonds. The molecule has 2 heteroatoms. The van der Waals surface area contributed by atoms with Gasteiger partial charge in [0, 0.05) is 23.1 Å². The second-order valence-corrected chi connectivity index (χ2v) is 4.63. The molecule has 0 aliphatic carbocycles. The zero-order valence-electron chi connectivity index (χ0n) is 10.2. The molecule has 0 aromatic heterocycles. The van der Waals surface area contributed by atoms with Crippen LogP contribution in [0.5, 0.6) is 0 Å². The summed E-state index contributed by atoms with van der Waals surface area (Å²) in [5, 5.41) is 0. The van der Waals surface area contributed by atoms with Crippen molar-refractivity contribution < 1.29 is 4.74 Å². The molecule has 2 rings (SSSR count). The summed E-state index contributed by atoms with van der Waals surface area (Å²) in [4.78, 5) is 1.16. The first-order chi connectivity index (χ1) is 8.90. The van der Waals surface area contributed by atoms with Crippen molar-refractivity contribution in [2.45, 2.75) is 4.90 Å². The van der Waals surface area contributed by atoms with E-state index in [9.17, 15) is 0 Å². The Bertz CT molecular complexity index is 552. The molecule has 90 valence electrons. The van der Waals surface area contributed by atoms with Crippen LogP contribution < -0.4 is 0 Å². The van der Waals surface area contributed by atoms with Gasteiger partial charge in [-0.1, -0.05) is 53.9 Å². The molecule has 0 spiro atoms. The van der Waals surface area contributed by atoms with Gasteiger partial charge in [-0.2, -0.15) is 0 Å². The largest absolute Gasteiger partial charge is 0.374 e. The molecule has 0 radical (unpaired) electrons. The average Bonchev–Trinajstić information content (AvgIpc) is 2.45. The van der Waals surface area contributed by atoms with Gasteiger partial charge in [-0.3, -0.25) is 0 Å². The van der Waals surface area contributed by atoms with Crippen LogP contribution in [0.4, 0.5) is 0 Å². The fourth-order valence-corrected chi connectivity index (χ4v) is 2.17. The molecule has 0 aliphatic heterocycles. The van der Waals surface area contributed by atoms with E-state index in [1.54, 1.807) is 18.9 Å². The van der Waals surface area contributed by atoms with Gasteiger partial charge in [0.05, 0.1) is 5.94 Å². The monoisotopic (exact) mass is 254 g/mol. The topological polar surface area (TPSA) is 9.23 Å². The Balaban J connectivity index is 2.21. The van der Waals surface area contributed by atoms with Crippen molar-refractivity contribution >= 4 is 11.8 Å². The highest BCUT2D eigenvalue weighted by atomic mass is 32.2. The van der Waals surface area contributed by atoms with Crippen LogP contribution in [0.25, 0.3) is 0 Å². The van der Waals surface area contributed by atoms with E-state index in [-0.39, 0.29) is 0 Å². The average molecular weight is 254 g/mol. The van der Waals surface area contributed by atoms with E-state index in [4.69, 9.17) is 4.74 Å². The normalized spacial score (nSPS) is 9.61. The molecule has 0 fully saturated rings. The second-order valence-electron chi connectivity index (χ2n) is 3.66. The van der Waals surface area contributed by atoms with E-state index in [0.717, 1.165) is 16.0 Å². The van der Waals surface area contributed by atoms with Crippen LogP contribution in [-0.4, -0.2) is 13.0 Å². The van der Waals surface area contributed by atoms with E-state index in [1.165, 1.54) is 0 Å². The molecule has 0 unspecified atom stereocenters. The van der Waals surface area contributed by atoms with Crippen molar-refractivity contribution in [1.82, 2.24) is 0 Å². The molecule has 1 nitrogen and oxygen atoms in total. The number of hydrogen-bond donors (Lipinski definition) is 0. The van der Waals surface area contributed by atoms with Gasteiger partial charge in [0.25, 0.3) is 0 Å². The van der Waals surface area contributed by atoms with E-state index in [0.29, 0.717) is 5.94 Å². The third-order valence-electron chi connectivity index (χ3n) is 2.33. The Morgan fingerprint density at radius 3 is 2.44 bits per heavy atom. The van der Waals surface area contributed by atoms with E-state index >= 15 is 0 Å². The van der Waals surface area contributed by atoms with Gasteiger partial charge < -0.3 is 4.74 Å². The predicted octanol–water partition coefficient (Wildman–Crippen LogP) is 3.78. The number of hydrogen-bond acceptors (Lipinski definition) is 2. The van der Waals surface area contributed by atoms with Crippen molar-refractivity contribution in [2.24, 2.45) is 0 Å². The van der Waals surface area contributed by atoms with E-state index in [2.05, 4.69) is 17.9 Å². The zero-order valence-corrected chi connectivity index (χ0v) is 11.0. The molecule has 2 aromatic rings. The summed E-state index contributed by atoms with van der Waals surface area (Å²) in [5.41, 5.74) is 2.08. The fourth-order valence-electron chi connectivity index (χ4n) is 1.48. The van der Waals surface area contributed by atoms with Gasteiger partial charge >= 0.3 is 0 Å². The predicted molar refractivity (Wildman–Crippen MR) is 76.6 cm³/mol. The highest BCUT2D eigenvalue weighted by Crippen LogP contribution is 2.21. The summed E-state index contributed by atoms with van der Waals surface area (Å²) in [5.74, 6) is 7.03. The smallest absolute Gasteiger partial charge is 0.0963 e. The summed E-state index contributed by atoms with van der Waals surface area (Å²) in [6.07, 6.45) is 0. The first-order valence-corrected chi connectivity index (χ1v) is 6.66. The van der Waals surface area contributed by atoms with Crippen molar-refractivity contribution in [3.8, 4) is 11.8 Å². The first kappa shape index (κ1) is 12.8. The van der Waals surface area contributed by atoms with Gasteiger partial charge in [0.15, 0.2) is 0 Å². The summed E-state index contributed by atoms with van der Waals surface area (Å²) >= 11 is 1.66. The van der Waals surface area contributed by atoms with Gasteiger partial charge in [-0.15, -0.1) is 0 Å². The maximum Gasteiger partial charge on any atom is 0.0963 e. The lowest BCUT2D eigenvalue weighted by Gasteiger charge is -2.02. The summed E-state index contributed by atoms with van der Waals surface area (Å²) in [7, 11) is 1.70. The Labute approximate surface area is 112 Å². The summed E-state index contributed by atoms with van der Waals surface area (Å²) < 4.78 is 5.08. The quantitative estimate of drug-likeness (QED) is 0.468. The second kappa shape index (κ2) is 6.90. The highest BCUT2D eigenvalue weighted by Gasteiger charge is 1.98. The number of ether oxygens (including phenoxy) is 1. The van der Waals surface area contributed by atoms with Crippen LogP contribution in [-0.2, 0) is 4.74 Å². The number of rotatable bonds is 3. The molecular formula is C16H14OS. The van der Waals surface area contributed by atoms with Crippen LogP contribution in [0.2, 0.25) is 0 Å². The molecule has 2 aromatic carbocycles. The van der Waals surface area contributed by atoms with Crippen LogP contribution in [0.3, 0.4) is 0 Å². The van der Waals surface area contributed by atoms with Crippen LogP contribution in [0.15, 0.2) is 59.5 Å². The molecular weight excluding hydrogens is 240 g/mol. The lowest BCUT2D eigenvalue weighted by Crippen LogP contribution is -1.85. The molecule has 18 heavy (non-hydrogen) atoms. The van der Waals surface area contributed by atoms with Gasteiger partial charge in [-0.05, 0) is 24.3 Å². The number of thioether (sulfide) groups is 1. The molecule has 0 atom stereocenters. The Kier molecular flexibility index (Phi) is 4.89. The van der Waals surface area contributed by atoms with Gasteiger partial charge in [0.1, 0.15) is 0 Å². The van der Waals surface area contributed by atoms with Crippen LogP contribution in [0, 0.1) is 11.8 Å². The SMILES string of the molecule is COCSc1ccccc1C#Cc1ccccc1.